The highest BCUT2D eigenvalue weighted by molar-refractivity contribution is 5.74. The highest BCUT2D eigenvalue weighted by Gasteiger charge is 2.21. The van der Waals surface area contributed by atoms with Gasteiger partial charge in [0.25, 0.3) is 5.56 Å². The molecular weight excluding hydrogens is 260 g/mol. The van der Waals surface area contributed by atoms with Crippen LogP contribution in [0.5, 0.6) is 0 Å². The van der Waals surface area contributed by atoms with Crippen LogP contribution < -0.4 is 10.9 Å². The summed E-state index contributed by atoms with van der Waals surface area (Å²) in [4.78, 5) is 31.6. The normalized spacial score (nSPS) is 18.9. The summed E-state index contributed by atoms with van der Waals surface area (Å²) in [5.74, 6) is 0.564. The largest absolute Gasteiger partial charge is 0.391 e. The van der Waals surface area contributed by atoms with E-state index in [1.807, 2.05) is 0 Å². The molecule has 110 valence electrons. The quantitative estimate of drug-likeness (QED) is 0.713. The number of likely N-dealkylation sites (tertiary alicyclic amines) is 1. The number of aromatic amines is 1. The van der Waals surface area contributed by atoms with Gasteiger partial charge in [0.15, 0.2) is 0 Å². The number of β-amino-alcohol motifs (C(OH)–C–C–N with tert-alkyl or cyclic N) is 1. The summed E-state index contributed by atoms with van der Waals surface area (Å²) < 4.78 is 0. The van der Waals surface area contributed by atoms with Crippen molar-refractivity contribution in [2.24, 2.45) is 0 Å². The number of hydrogen-bond donors (Lipinski definition) is 3. The van der Waals surface area contributed by atoms with Gasteiger partial charge in [-0.1, -0.05) is 0 Å². The van der Waals surface area contributed by atoms with Crippen molar-refractivity contribution in [1.82, 2.24) is 20.2 Å². The molecule has 0 bridgehead atoms. The van der Waals surface area contributed by atoms with Gasteiger partial charge in [0.1, 0.15) is 5.82 Å². The molecule has 0 spiro atoms. The number of aryl methyl sites for hydroxylation is 1. The van der Waals surface area contributed by atoms with E-state index in [0.717, 1.165) is 12.8 Å². The number of H-pyrrole nitrogens is 1. The predicted octanol–water partition coefficient (Wildman–Crippen LogP) is -0.213. The summed E-state index contributed by atoms with van der Waals surface area (Å²) in [6.07, 6.45) is 1.61. The van der Waals surface area contributed by atoms with Gasteiger partial charge in [-0.2, -0.15) is 0 Å². The van der Waals surface area contributed by atoms with Crippen LogP contribution >= 0.6 is 0 Å². The molecule has 0 radical (unpaired) electrons. The first kappa shape index (κ1) is 14.5. The summed E-state index contributed by atoms with van der Waals surface area (Å²) in [5, 5.41) is 12.3. The lowest BCUT2D eigenvalue weighted by Gasteiger charge is -2.30. The first-order valence-corrected chi connectivity index (χ1v) is 6.82. The molecule has 7 heteroatoms. The molecule has 2 rings (SSSR count). The van der Waals surface area contributed by atoms with Gasteiger partial charge in [-0.3, -0.25) is 4.79 Å². The number of urea groups is 1. The predicted molar refractivity (Wildman–Crippen MR) is 73.5 cm³/mol. The van der Waals surface area contributed by atoms with Crippen molar-refractivity contribution in [1.29, 1.82) is 0 Å². The van der Waals surface area contributed by atoms with E-state index in [0.29, 0.717) is 37.6 Å². The third-order valence-electron chi connectivity index (χ3n) is 3.24. The van der Waals surface area contributed by atoms with E-state index in [9.17, 15) is 14.7 Å². The minimum atomic E-state index is -0.427. The van der Waals surface area contributed by atoms with Crippen molar-refractivity contribution in [2.75, 3.05) is 19.6 Å². The minimum Gasteiger partial charge on any atom is -0.391 e. The van der Waals surface area contributed by atoms with Crippen molar-refractivity contribution in [3.8, 4) is 0 Å². The third kappa shape index (κ3) is 4.06. The molecule has 0 saturated carbocycles. The molecule has 2 amide bonds. The number of nitrogens with zero attached hydrogens (tertiary/aromatic N) is 2. The number of carbonyl (C=O) groups is 1. The van der Waals surface area contributed by atoms with Crippen molar-refractivity contribution in [3.05, 3.63) is 27.9 Å². The smallest absolute Gasteiger partial charge is 0.317 e. The Hall–Kier alpha value is -1.89. The number of nitrogens with one attached hydrogen (secondary N) is 2. The first-order valence-electron chi connectivity index (χ1n) is 6.82. The van der Waals surface area contributed by atoms with Crippen LogP contribution in [-0.2, 0) is 6.42 Å². The van der Waals surface area contributed by atoms with Crippen LogP contribution in [0.15, 0.2) is 10.9 Å². The highest BCUT2D eigenvalue weighted by atomic mass is 16.3. The van der Waals surface area contributed by atoms with E-state index in [-0.39, 0.29) is 11.6 Å². The second-order valence-electron chi connectivity index (χ2n) is 5.06. The Bertz CT molecular complexity index is 529. The number of piperidine rings is 1. The van der Waals surface area contributed by atoms with E-state index in [2.05, 4.69) is 15.3 Å². The third-order valence-corrected chi connectivity index (χ3v) is 3.24. The van der Waals surface area contributed by atoms with E-state index < -0.39 is 6.10 Å². The Morgan fingerprint density at radius 2 is 2.45 bits per heavy atom. The standard InChI is InChI=1S/C13H20N4O3/c1-9-7-12(19)16-11(15-9)4-5-14-13(20)17-6-2-3-10(18)8-17/h7,10,18H,2-6,8H2,1H3,(H,14,20)(H,15,16,19)/t10-/m0/s1. The molecule has 1 aromatic heterocycles. The fourth-order valence-corrected chi connectivity index (χ4v) is 2.30. The molecule has 0 aromatic carbocycles. The molecule has 1 aliphatic heterocycles. The molecule has 0 unspecified atom stereocenters. The van der Waals surface area contributed by atoms with Crippen LogP contribution in [0.4, 0.5) is 4.79 Å². The topological polar surface area (TPSA) is 98.3 Å². The zero-order chi connectivity index (χ0) is 14.5. The zero-order valence-corrected chi connectivity index (χ0v) is 11.6. The Balaban J connectivity index is 1.80. The lowest BCUT2D eigenvalue weighted by atomic mass is 10.1. The van der Waals surface area contributed by atoms with Gasteiger partial charge in [0.05, 0.1) is 6.10 Å². The Labute approximate surface area is 117 Å². The second kappa shape index (κ2) is 6.51. The second-order valence-corrected chi connectivity index (χ2v) is 5.06. The maximum Gasteiger partial charge on any atom is 0.317 e. The molecule has 1 fully saturated rings. The molecular formula is C13H20N4O3. The van der Waals surface area contributed by atoms with Gasteiger partial charge in [0.2, 0.25) is 0 Å². The molecule has 1 aliphatic rings. The van der Waals surface area contributed by atoms with Crippen LogP contribution in [0.25, 0.3) is 0 Å². The molecule has 3 N–H and O–H groups in total. The van der Waals surface area contributed by atoms with Crippen LogP contribution in [0, 0.1) is 6.92 Å². The van der Waals surface area contributed by atoms with Crippen molar-refractivity contribution in [3.63, 3.8) is 0 Å². The average Bonchev–Trinajstić information content (AvgIpc) is 2.37. The van der Waals surface area contributed by atoms with Crippen LogP contribution in [0.3, 0.4) is 0 Å². The van der Waals surface area contributed by atoms with Crippen molar-refractivity contribution < 1.29 is 9.90 Å². The van der Waals surface area contributed by atoms with Crippen molar-refractivity contribution >= 4 is 6.03 Å². The highest BCUT2D eigenvalue weighted by Crippen LogP contribution is 2.09. The van der Waals surface area contributed by atoms with Gasteiger partial charge in [-0.05, 0) is 19.8 Å². The lowest BCUT2D eigenvalue weighted by molar-refractivity contribution is 0.0843. The Kier molecular flexibility index (Phi) is 4.73. The average molecular weight is 280 g/mol. The van der Waals surface area contributed by atoms with Crippen molar-refractivity contribution in [2.45, 2.75) is 32.3 Å². The summed E-state index contributed by atoms with van der Waals surface area (Å²) in [5.41, 5.74) is 0.479. The Morgan fingerprint density at radius 3 is 3.15 bits per heavy atom. The number of hydrogen-bond acceptors (Lipinski definition) is 4. The van der Waals surface area contributed by atoms with E-state index >= 15 is 0 Å². The molecule has 1 saturated heterocycles. The van der Waals surface area contributed by atoms with Gasteiger partial charge < -0.3 is 20.3 Å². The number of aromatic nitrogens is 2. The van der Waals surface area contributed by atoms with E-state index in [1.54, 1.807) is 11.8 Å². The maximum absolute atomic E-state index is 11.9. The summed E-state index contributed by atoms with van der Waals surface area (Å²) in [6, 6.07) is 1.25. The molecule has 20 heavy (non-hydrogen) atoms. The SMILES string of the molecule is Cc1cc(=O)[nH]c(CCNC(=O)N2CCC[C@H](O)C2)n1. The fourth-order valence-electron chi connectivity index (χ4n) is 2.30. The van der Waals surface area contributed by atoms with Gasteiger partial charge in [-0.25, -0.2) is 9.78 Å². The summed E-state index contributed by atoms with van der Waals surface area (Å²) in [7, 11) is 0. The number of aliphatic hydroxyl groups is 1. The minimum absolute atomic E-state index is 0.182. The Morgan fingerprint density at radius 1 is 1.65 bits per heavy atom. The fraction of sp³-hybridized carbons (Fsp3) is 0.615. The molecule has 2 heterocycles. The molecule has 1 atom stereocenters. The molecule has 7 nitrogen and oxygen atoms in total. The molecule has 0 aliphatic carbocycles. The molecule has 1 aromatic rings. The lowest BCUT2D eigenvalue weighted by Crippen LogP contribution is -2.47. The van der Waals surface area contributed by atoms with E-state index in [1.165, 1.54) is 6.07 Å². The van der Waals surface area contributed by atoms with Gasteiger partial charge >= 0.3 is 6.03 Å². The monoisotopic (exact) mass is 280 g/mol. The number of amides is 2. The van der Waals surface area contributed by atoms with Gasteiger partial charge in [-0.15, -0.1) is 0 Å². The zero-order valence-electron chi connectivity index (χ0n) is 11.6. The summed E-state index contributed by atoms with van der Waals surface area (Å²) in [6.45, 7) is 3.21. The number of carbonyl (C=O) groups excluding carboxylic acids is 1. The number of aliphatic hydroxyl groups excluding tert-OH is 1. The number of rotatable bonds is 3. The summed E-state index contributed by atoms with van der Waals surface area (Å²) >= 11 is 0. The van der Waals surface area contributed by atoms with Crippen LogP contribution in [0.2, 0.25) is 0 Å². The maximum atomic E-state index is 11.9. The van der Waals surface area contributed by atoms with Crippen LogP contribution in [-0.4, -0.2) is 51.7 Å². The van der Waals surface area contributed by atoms with Crippen LogP contribution in [0.1, 0.15) is 24.4 Å². The van der Waals surface area contributed by atoms with Gasteiger partial charge in [0, 0.05) is 37.8 Å². The first-order chi connectivity index (χ1) is 9.54. The van der Waals surface area contributed by atoms with E-state index in [4.69, 9.17) is 0 Å².